The smallest absolute Gasteiger partial charge is 0.380 e. The maximum atomic E-state index is 14.7. The lowest BCUT2D eigenvalue weighted by atomic mass is 10.1. The zero-order valence-corrected chi connectivity index (χ0v) is 24.4. The van der Waals surface area contributed by atoms with Gasteiger partial charge in [-0.05, 0) is 41.8 Å². The fourth-order valence-electron chi connectivity index (χ4n) is 4.99. The third kappa shape index (κ3) is 8.99. The number of carbonyl (C=O) groups is 2. The molecule has 3 aromatic rings. The first-order valence-corrected chi connectivity index (χ1v) is 14.5. The van der Waals surface area contributed by atoms with E-state index in [2.05, 4.69) is 27.2 Å². The third-order valence-corrected chi connectivity index (χ3v) is 7.41. The number of anilines is 1. The summed E-state index contributed by atoms with van der Waals surface area (Å²) in [6.07, 6.45) is 6.09. The molecule has 2 heterocycles. The van der Waals surface area contributed by atoms with Crippen molar-refractivity contribution in [3.05, 3.63) is 95.6 Å². The Hall–Kier alpha value is -4.02. The number of benzene rings is 2. The van der Waals surface area contributed by atoms with Crippen LogP contribution in [0.3, 0.4) is 0 Å². The van der Waals surface area contributed by atoms with Crippen LogP contribution < -0.4 is 10.4 Å². The van der Waals surface area contributed by atoms with Gasteiger partial charge in [0.2, 0.25) is 0 Å². The molecular weight excluding hydrogens is 537 g/mol. The average molecular weight is 578 g/mol. The Morgan fingerprint density at radius 1 is 1.02 bits per heavy atom. The molecule has 0 bridgehead atoms. The number of aromatic nitrogens is 1. The van der Waals surface area contributed by atoms with Gasteiger partial charge < -0.3 is 14.5 Å². The predicted molar refractivity (Wildman–Crippen MR) is 159 cm³/mol. The van der Waals surface area contributed by atoms with Crippen LogP contribution in [0.25, 0.3) is 0 Å². The summed E-state index contributed by atoms with van der Waals surface area (Å²) < 4.78 is 20.4. The molecule has 0 saturated carbocycles. The van der Waals surface area contributed by atoms with Gasteiger partial charge in [0, 0.05) is 64.5 Å². The minimum atomic E-state index is -0.832. The van der Waals surface area contributed by atoms with Crippen molar-refractivity contribution in [2.24, 2.45) is 0 Å². The highest BCUT2D eigenvalue weighted by atomic mass is 19.1. The van der Waals surface area contributed by atoms with Crippen LogP contribution in [0, 0.1) is 5.82 Å². The molecular formula is C32H40FN5O4. The number of rotatable bonds is 12. The summed E-state index contributed by atoms with van der Waals surface area (Å²) in [7, 11) is 1.76. The van der Waals surface area contributed by atoms with Crippen molar-refractivity contribution in [3.8, 4) is 0 Å². The summed E-state index contributed by atoms with van der Waals surface area (Å²) in [6.45, 7) is 6.71. The largest absolute Gasteiger partial charge is 0.434 e. The van der Waals surface area contributed by atoms with Crippen LogP contribution in [0.5, 0.6) is 0 Å². The van der Waals surface area contributed by atoms with Gasteiger partial charge in [0.15, 0.2) is 0 Å². The van der Waals surface area contributed by atoms with E-state index in [1.54, 1.807) is 31.6 Å². The molecule has 2 aromatic carbocycles. The number of unbranched alkanes of at least 4 members (excludes halogenated alkanes) is 1. The van der Waals surface area contributed by atoms with Gasteiger partial charge in [-0.3, -0.25) is 19.6 Å². The van der Waals surface area contributed by atoms with E-state index in [4.69, 9.17) is 9.57 Å². The van der Waals surface area contributed by atoms with E-state index in [1.165, 1.54) is 17.0 Å². The second kappa shape index (κ2) is 15.8. The number of nitrogens with one attached hydrogen (secondary N) is 1. The maximum Gasteiger partial charge on any atom is 0.434 e. The number of hydrogen-bond donors (Lipinski definition) is 1. The Bertz CT molecular complexity index is 1230. The molecule has 2 amide bonds. The predicted octanol–water partition coefficient (Wildman–Crippen LogP) is 5.03. The number of methoxy groups -OCH3 is 1. The molecule has 10 heteroatoms. The monoisotopic (exact) mass is 577 g/mol. The molecule has 0 radical (unpaired) electrons. The van der Waals surface area contributed by atoms with Gasteiger partial charge >= 0.3 is 6.09 Å². The molecule has 224 valence electrons. The first-order valence-electron chi connectivity index (χ1n) is 14.5. The van der Waals surface area contributed by atoms with Crippen LogP contribution in [-0.4, -0.2) is 72.7 Å². The molecule has 9 nitrogen and oxygen atoms in total. The second-order valence-electron chi connectivity index (χ2n) is 10.5. The van der Waals surface area contributed by atoms with Crippen molar-refractivity contribution in [3.63, 3.8) is 0 Å². The second-order valence-corrected chi connectivity index (χ2v) is 10.5. The highest BCUT2D eigenvalue weighted by Crippen LogP contribution is 2.21. The number of nitrogens with zero attached hydrogens (tertiary/aromatic N) is 4. The minimum absolute atomic E-state index is 0.191. The van der Waals surface area contributed by atoms with Gasteiger partial charge in [0.25, 0.3) is 5.91 Å². The Morgan fingerprint density at radius 2 is 1.76 bits per heavy atom. The number of piperazine rings is 1. The van der Waals surface area contributed by atoms with E-state index >= 15 is 0 Å². The summed E-state index contributed by atoms with van der Waals surface area (Å²) in [6, 6.07) is 17.5. The molecule has 1 atom stereocenters. The van der Waals surface area contributed by atoms with E-state index in [1.807, 2.05) is 36.4 Å². The van der Waals surface area contributed by atoms with E-state index in [0.29, 0.717) is 0 Å². The quantitative estimate of drug-likeness (QED) is 0.302. The Labute approximate surface area is 247 Å². The molecule has 4 rings (SSSR count). The Morgan fingerprint density at radius 3 is 2.45 bits per heavy atom. The summed E-state index contributed by atoms with van der Waals surface area (Å²) >= 11 is 0. The zero-order valence-electron chi connectivity index (χ0n) is 24.4. The van der Waals surface area contributed by atoms with Crippen LogP contribution in [0.4, 0.5) is 14.9 Å². The normalized spacial score (nSPS) is 14.3. The van der Waals surface area contributed by atoms with Crippen LogP contribution >= 0.6 is 0 Å². The van der Waals surface area contributed by atoms with E-state index in [-0.39, 0.29) is 24.8 Å². The fourth-order valence-corrected chi connectivity index (χ4v) is 4.99. The van der Waals surface area contributed by atoms with Gasteiger partial charge in [-0.1, -0.05) is 56.2 Å². The van der Waals surface area contributed by atoms with Crippen molar-refractivity contribution >= 4 is 17.7 Å². The number of amides is 2. The summed E-state index contributed by atoms with van der Waals surface area (Å²) in [5, 5.41) is 0. The minimum Gasteiger partial charge on any atom is -0.380 e. The maximum absolute atomic E-state index is 14.7. The van der Waals surface area contributed by atoms with E-state index in [9.17, 15) is 14.0 Å². The summed E-state index contributed by atoms with van der Waals surface area (Å²) in [4.78, 5) is 41.2. The number of hydroxylamine groups is 1. The van der Waals surface area contributed by atoms with Crippen molar-refractivity contribution < 1.29 is 23.6 Å². The van der Waals surface area contributed by atoms with Gasteiger partial charge in [-0.2, -0.15) is 5.48 Å². The van der Waals surface area contributed by atoms with Gasteiger partial charge in [0.1, 0.15) is 5.82 Å². The Balaban J connectivity index is 1.35. The molecule has 1 N–H and O–H groups in total. The van der Waals surface area contributed by atoms with Gasteiger partial charge in [-0.25, -0.2) is 9.18 Å². The summed E-state index contributed by atoms with van der Waals surface area (Å²) in [5.41, 5.74) is 4.39. The van der Waals surface area contributed by atoms with Crippen LogP contribution in [0.1, 0.15) is 47.7 Å². The molecule has 0 spiro atoms. The lowest BCUT2D eigenvalue weighted by Gasteiger charge is -2.37. The lowest BCUT2D eigenvalue weighted by molar-refractivity contribution is 0.0394. The van der Waals surface area contributed by atoms with Crippen LogP contribution in [-0.2, 0) is 22.7 Å². The zero-order chi connectivity index (χ0) is 29.7. The number of ether oxygens (including phenoxy) is 1. The van der Waals surface area contributed by atoms with Crippen LogP contribution in [0.2, 0.25) is 0 Å². The number of halogens is 1. The van der Waals surface area contributed by atoms with Crippen molar-refractivity contribution in [2.75, 3.05) is 44.7 Å². The standard InChI is InChI=1S/C32H40FN5O4/c1-3-4-12-28(41-2)24-36-16-18-37(19-17-36)27-13-14-30(33)29(20-27)31(39)35-42-32(40)38(22-25-9-6-5-7-10-25)23-26-11-8-15-34-21-26/h5-11,13-15,20-21,28H,3-4,12,16-19,22-24H2,1-2H3,(H,35,39). The first kappa shape index (κ1) is 30.9. The molecule has 1 fully saturated rings. The topological polar surface area (TPSA) is 87.2 Å². The van der Waals surface area contributed by atoms with Crippen LogP contribution in [0.15, 0.2) is 73.1 Å². The van der Waals surface area contributed by atoms with E-state index < -0.39 is 17.8 Å². The average Bonchev–Trinajstić information content (AvgIpc) is 3.03. The summed E-state index contributed by atoms with van der Waals surface area (Å²) in [5.74, 6) is -1.53. The molecule has 1 aliphatic heterocycles. The molecule has 0 aliphatic carbocycles. The molecule has 1 unspecified atom stereocenters. The van der Waals surface area contributed by atoms with Crippen molar-refractivity contribution in [2.45, 2.75) is 45.4 Å². The highest BCUT2D eigenvalue weighted by molar-refractivity contribution is 5.95. The molecule has 1 saturated heterocycles. The van der Waals surface area contributed by atoms with Gasteiger partial charge in [0.05, 0.1) is 18.2 Å². The lowest BCUT2D eigenvalue weighted by Crippen LogP contribution is -2.48. The molecule has 42 heavy (non-hydrogen) atoms. The molecule has 1 aliphatic rings. The van der Waals surface area contributed by atoms with E-state index in [0.717, 1.165) is 68.8 Å². The number of pyridine rings is 1. The fraction of sp³-hybridized carbons (Fsp3) is 0.406. The number of hydrogen-bond acceptors (Lipinski definition) is 7. The SMILES string of the molecule is CCCCC(CN1CCN(c2ccc(F)c(C(=O)NOC(=O)N(Cc3ccccc3)Cc3cccnc3)c2)CC1)OC. The third-order valence-electron chi connectivity index (χ3n) is 7.41. The molecule has 1 aromatic heterocycles. The van der Waals surface area contributed by atoms with Crippen molar-refractivity contribution in [1.82, 2.24) is 20.3 Å². The highest BCUT2D eigenvalue weighted by Gasteiger charge is 2.23. The Kier molecular flexibility index (Phi) is 11.7. The first-order chi connectivity index (χ1) is 20.5. The van der Waals surface area contributed by atoms with Crippen molar-refractivity contribution in [1.29, 1.82) is 0 Å². The van der Waals surface area contributed by atoms with Gasteiger partial charge in [-0.15, -0.1) is 0 Å². The number of carbonyl (C=O) groups excluding carboxylic acids is 2.